The van der Waals surface area contributed by atoms with Crippen molar-refractivity contribution in [2.24, 2.45) is 5.92 Å². The molecule has 2 fully saturated rings. The number of nitrogens with one attached hydrogen (secondary N) is 1. The molecule has 1 atom stereocenters. The molecule has 2 aliphatic rings. The van der Waals surface area contributed by atoms with Gasteiger partial charge in [-0.25, -0.2) is 4.98 Å². The maximum absolute atomic E-state index is 5.54. The highest BCUT2D eigenvalue weighted by molar-refractivity contribution is 7.13. The van der Waals surface area contributed by atoms with E-state index in [0.717, 1.165) is 37.5 Å². The highest BCUT2D eigenvalue weighted by Gasteiger charge is 2.21. The summed E-state index contributed by atoms with van der Waals surface area (Å²) in [6.07, 6.45) is 5.15. The summed E-state index contributed by atoms with van der Waals surface area (Å²) in [5.74, 6) is 0.663. The molecular weight excluding hydrogens is 258 g/mol. The van der Waals surface area contributed by atoms with Crippen LogP contribution in [0.3, 0.4) is 0 Å². The summed E-state index contributed by atoms with van der Waals surface area (Å²) < 4.78 is 5.54. The Kier molecular flexibility index (Phi) is 4.35. The lowest BCUT2D eigenvalue weighted by atomic mass is 10.0. The van der Waals surface area contributed by atoms with Crippen LogP contribution < -0.4 is 10.2 Å². The topological polar surface area (TPSA) is 37.4 Å². The predicted molar refractivity (Wildman–Crippen MR) is 78.8 cm³/mol. The van der Waals surface area contributed by atoms with E-state index in [-0.39, 0.29) is 0 Å². The van der Waals surface area contributed by atoms with Crippen LogP contribution in [0.25, 0.3) is 0 Å². The van der Waals surface area contributed by atoms with E-state index >= 15 is 0 Å². The molecule has 106 valence electrons. The van der Waals surface area contributed by atoms with Crippen molar-refractivity contribution in [3.63, 3.8) is 0 Å². The van der Waals surface area contributed by atoms with Gasteiger partial charge in [0, 0.05) is 38.2 Å². The van der Waals surface area contributed by atoms with Crippen LogP contribution in [0.5, 0.6) is 0 Å². The summed E-state index contributed by atoms with van der Waals surface area (Å²) in [7, 11) is 2.14. The van der Waals surface area contributed by atoms with Gasteiger partial charge >= 0.3 is 0 Å². The molecule has 0 aromatic carbocycles. The van der Waals surface area contributed by atoms with Crippen LogP contribution in [0.15, 0.2) is 5.38 Å². The third-order valence-corrected chi connectivity index (χ3v) is 4.81. The van der Waals surface area contributed by atoms with Gasteiger partial charge in [0.2, 0.25) is 0 Å². The zero-order chi connectivity index (χ0) is 13.1. The third kappa shape index (κ3) is 3.91. The number of rotatable bonds is 6. The number of hydrogen-bond acceptors (Lipinski definition) is 5. The molecule has 1 aliphatic carbocycles. The Morgan fingerprint density at radius 2 is 2.37 bits per heavy atom. The van der Waals surface area contributed by atoms with E-state index in [0.29, 0.717) is 5.92 Å². The number of nitrogens with zero attached hydrogens (tertiary/aromatic N) is 2. The van der Waals surface area contributed by atoms with Gasteiger partial charge in [0.1, 0.15) is 0 Å². The largest absolute Gasteiger partial charge is 0.381 e. The standard InChI is InChI=1S/C14H23N3OS/c1-17(8-11-3-2-6-18-9-11)14-16-13(10-19-14)7-15-12-4-5-12/h10-12,15H,2-9H2,1H3. The molecule has 1 aromatic rings. The fourth-order valence-electron chi connectivity index (χ4n) is 2.51. The van der Waals surface area contributed by atoms with Gasteiger partial charge in [-0.2, -0.15) is 0 Å². The van der Waals surface area contributed by atoms with Gasteiger partial charge in [0.25, 0.3) is 0 Å². The van der Waals surface area contributed by atoms with Crippen molar-refractivity contribution in [1.82, 2.24) is 10.3 Å². The fourth-order valence-corrected chi connectivity index (χ4v) is 3.31. The normalized spacial score (nSPS) is 23.5. The molecule has 3 rings (SSSR count). The minimum Gasteiger partial charge on any atom is -0.381 e. The van der Waals surface area contributed by atoms with Crippen molar-refractivity contribution in [1.29, 1.82) is 0 Å². The summed E-state index contributed by atoms with van der Waals surface area (Å²) >= 11 is 1.75. The number of hydrogen-bond donors (Lipinski definition) is 1. The van der Waals surface area contributed by atoms with Crippen molar-refractivity contribution >= 4 is 16.5 Å². The van der Waals surface area contributed by atoms with Crippen molar-refractivity contribution in [2.75, 3.05) is 31.7 Å². The average molecular weight is 281 g/mol. The smallest absolute Gasteiger partial charge is 0.185 e. The first-order valence-corrected chi connectivity index (χ1v) is 8.16. The van der Waals surface area contributed by atoms with Crippen molar-refractivity contribution in [2.45, 2.75) is 38.3 Å². The molecule has 1 saturated carbocycles. The summed E-state index contributed by atoms with van der Waals surface area (Å²) in [5.41, 5.74) is 1.18. The SMILES string of the molecule is CN(CC1CCCOC1)c1nc(CNC2CC2)cs1. The quantitative estimate of drug-likeness (QED) is 0.868. The van der Waals surface area contributed by atoms with Crippen LogP contribution in [0.2, 0.25) is 0 Å². The van der Waals surface area contributed by atoms with Gasteiger partial charge in [0.05, 0.1) is 12.3 Å². The summed E-state index contributed by atoms with van der Waals surface area (Å²) in [5, 5.41) is 6.83. The Balaban J connectivity index is 1.48. The number of anilines is 1. The molecule has 1 N–H and O–H groups in total. The Hall–Kier alpha value is -0.650. The van der Waals surface area contributed by atoms with Crippen LogP contribution in [0.4, 0.5) is 5.13 Å². The molecule has 1 saturated heterocycles. The Morgan fingerprint density at radius 3 is 3.11 bits per heavy atom. The molecule has 1 aliphatic heterocycles. The second-order valence-corrected chi connectivity index (χ2v) is 6.58. The minimum atomic E-state index is 0.663. The van der Waals surface area contributed by atoms with Crippen molar-refractivity contribution in [3.05, 3.63) is 11.1 Å². The highest BCUT2D eigenvalue weighted by Crippen LogP contribution is 2.24. The van der Waals surface area contributed by atoms with Gasteiger partial charge in [-0.3, -0.25) is 0 Å². The molecule has 0 spiro atoms. The van der Waals surface area contributed by atoms with Gasteiger partial charge in [-0.15, -0.1) is 11.3 Å². The fraction of sp³-hybridized carbons (Fsp3) is 0.786. The summed E-state index contributed by atoms with van der Waals surface area (Å²) in [4.78, 5) is 7.00. The van der Waals surface area contributed by atoms with E-state index in [9.17, 15) is 0 Å². The Bertz CT molecular complexity index is 399. The van der Waals surface area contributed by atoms with E-state index in [1.54, 1.807) is 11.3 Å². The molecular formula is C14H23N3OS. The van der Waals surface area contributed by atoms with Crippen LogP contribution in [0, 0.1) is 5.92 Å². The second-order valence-electron chi connectivity index (χ2n) is 5.74. The van der Waals surface area contributed by atoms with E-state index in [1.807, 2.05) is 0 Å². The lowest BCUT2D eigenvalue weighted by Gasteiger charge is -2.26. The third-order valence-electron chi connectivity index (χ3n) is 3.80. The van der Waals surface area contributed by atoms with Crippen LogP contribution >= 0.6 is 11.3 Å². The van der Waals surface area contributed by atoms with E-state index in [4.69, 9.17) is 9.72 Å². The molecule has 0 radical (unpaired) electrons. The summed E-state index contributed by atoms with van der Waals surface area (Å²) in [6, 6.07) is 0.752. The van der Waals surface area contributed by atoms with Crippen molar-refractivity contribution < 1.29 is 4.74 Å². The van der Waals surface area contributed by atoms with E-state index < -0.39 is 0 Å². The molecule has 19 heavy (non-hydrogen) atoms. The molecule has 5 heteroatoms. The number of aromatic nitrogens is 1. The van der Waals surface area contributed by atoms with Crippen LogP contribution in [0.1, 0.15) is 31.4 Å². The number of thiazole rings is 1. The van der Waals surface area contributed by atoms with Crippen LogP contribution in [-0.4, -0.2) is 37.8 Å². The first kappa shape index (κ1) is 13.3. The maximum Gasteiger partial charge on any atom is 0.185 e. The number of ether oxygens (including phenoxy) is 1. The minimum absolute atomic E-state index is 0.663. The molecule has 2 heterocycles. The van der Waals surface area contributed by atoms with Gasteiger partial charge in [-0.1, -0.05) is 0 Å². The van der Waals surface area contributed by atoms with Crippen molar-refractivity contribution in [3.8, 4) is 0 Å². The summed E-state index contributed by atoms with van der Waals surface area (Å²) in [6.45, 7) is 3.82. The molecule has 4 nitrogen and oxygen atoms in total. The first-order valence-electron chi connectivity index (χ1n) is 7.28. The Labute approximate surface area is 119 Å². The molecule has 1 unspecified atom stereocenters. The highest BCUT2D eigenvalue weighted by atomic mass is 32.1. The first-order chi connectivity index (χ1) is 9.31. The molecule has 0 bridgehead atoms. The lowest BCUT2D eigenvalue weighted by molar-refractivity contribution is 0.0576. The van der Waals surface area contributed by atoms with Gasteiger partial charge < -0.3 is 15.0 Å². The van der Waals surface area contributed by atoms with E-state index in [1.165, 1.54) is 31.4 Å². The van der Waals surface area contributed by atoms with E-state index in [2.05, 4.69) is 22.6 Å². The average Bonchev–Trinajstić information content (AvgIpc) is 3.14. The molecule has 0 amide bonds. The van der Waals surface area contributed by atoms with Gasteiger partial charge in [-0.05, 0) is 31.6 Å². The lowest BCUT2D eigenvalue weighted by Crippen LogP contribution is -2.30. The monoisotopic (exact) mass is 281 g/mol. The zero-order valence-electron chi connectivity index (χ0n) is 11.6. The maximum atomic E-state index is 5.54. The predicted octanol–water partition coefficient (Wildman–Crippen LogP) is 2.26. The molecule has 1 aromatic heterocycles. The van der Waals surface area contributed by atoms with Gasteiger partial charge in [0.15, 0.2) is 5.13 Å². The second kappa shape index (κ2) is 6.20. The Morgan fingerprint density at radius 1 is 1.47 bits per heavy atom. The van der Waals surface area contributed by atoms with Crippen LogP contribution in [-0.2, 0) is 11.3 Å². The zero-order valence-corrected chi connectivity index (χ0v) is 12.4.